The number of hydrogen-bond donors (Lipinski definition) is 1. The highest BCUT2D eigenvalue weighted by atomic mass is 16.5. The standard InChI is InChI=1S/C20H13NO5/c22-19(16-9-3-11-24-16)21-14-7-1-5-13-6-2-8-15(18(13)14)26-20(23)17-10-4-12-25-17/h1-12H,(H,21,22). The molecule has 0 aliphatic rings. The van der Waals surface area contributed by atoms with Gasteiger partial charge in [-0.25, -0.2) is 4.79 Å². The Hall–Kier alpha value is -3.80. The van der Waals surface area contributed by atoms with Crippen molar-refractivity contribution < 1.29 is 23.2 Å². The zero-order chi connectivity index (χ0) is 17.9. The molecule has 4 rings (SSSR count). The van der Waals surface area contributed by atoms with Crippen molar-refractivity contribution in [1.29, 1.82) is 0 Å². The van der Waals surface area contributed by atoms with E-state index in [1.54, 1.807) is 42.5 Å². The number of esters is 1. The van der Waals surface area contributed by atoms with Crippen molar-refractivity contribution in [1.82, 2.24) is 0 Å². The third kappa shape index (κ3) is 2.95. The molecule has 0 unspecified atom stereocenters. The fourth-order valence-corrected chi connectivity index (χ4v) is 2.63. The van der Waals surface area contributed by atoms with Crippen LogP contribution >= 0.6 is 0 Å². The molecule has 2 aromatic carbocycles. The largest absolute Gasteiger partial charge is 0.459 e. The molecule has 0 fully saturated rings. The monoisotopic (exact) mass is 347 g/mol. The van der Waals surface area contributed by atoms with Gasteiger partial charge < -0.3 is 18.9 Å². The van der Waals surface area contributed by atoms with Gasteiger partial charge in [-0.05, 0) is 41.8 Å². The predicted octanol–water partition coefficient (Wildman–Crippen LogP) is 4.50. The summed E-state index contributed by atoms with van der Waals surface area (Å²) in [4.78, 5) is 24.5. The van der Waals surface area contributed by atoms with Gasteiger partial charge >= 0.3 is 5.97 Å². The van der Waals surface area contributed by atoms with Crippen LogP contribution in [0, 0.1) is 0 Å². The Morgan fingerprint density at radius 1 is 0.808 bits per heavy atom. The number of anilines is 1. The van der Waals surface area contributed by atoms with Crippen LogP contribution in [-0.4, -0.2) is 11.9 Å². The van der Waals surface area contributed by atoms with Crippen molar-refractivity contribution in [3.05, 3.63) is 84.7 Å². The predicted molar refractivity (Wildman–Crippen MR) is 94.3 cm³/mol. The van der Waals surface area contributed by atoms with Crippen molar-refractivity contribution in [2.24, 2.45) is 0 Å². The summed E-state index contributed by atoms with van der Waals surface area (Å²) >= 11 is 0. The highest BCUT2D eigenvalue weighted by molar-refractivity contribution is 6.10. The van der Waals surface area contributed by atoms with E-state index in [1.165, 1.54) is 18.6 Å². The van der Waals surface area contributed by atoms with E-state index in [2.05, 4.69) is 5.32 Å². The number of carbonyl (C=O) groups is 2. The first kappa shape index (κ1) is 15.7. The number of fused-ring (bicyclic) bond motifs is 1. The first-order valence-corrected chi connectivity index (χ1v) is 7.84. The van der Waals surface area contributed by atoms with Crippen LogP contribution < -0.4 is 10.1 Å². The van der Waals surface area contributed by atoms with E-state index >= 15 is 0 Å². The maximum Gasteiger partial charge on any atom is 0.379 e. The highest BCUT2D eigenvalue weighted by Crippen LogP contribution is 2.33. The van der Waals surface area contributed by atoms with Gasteiger partial charge in [0.05, 0.1) is 18.2 Å². The lowest BCUT2D eigenvalue weighted by atomic mass is 10.1. The third-order valence-electron chi connectivity index (χ3n) is 3.78. The van der Waals surface area contributed by atoms with E-state index in [-0.39, 0.29) is 11.5 Å². The molecule has 6 nitrogen and oxygen atoms in total. The van der Waals surface area contributed by atoms with E-state index in [0.717, 1.165) is 5.39 Å². The minimum absolute atomic E-state index is 0.0964. The molecule has 0 atom stereocenters. The molecule has 0 aliphatic heterocycles. The fourth-order valence-electron chi connectivity index (χ4n) is 2.63. The number of amides is 1. The molecule has 4 aromatic rings. The average Bonchev–Trinajstić information content (AvgIpc) is 3.36. The second kappa shape index (κ2) is 6.60. The molecule has 128 valence electrons. The number of benzene rings is 2. The van der Waals surface area contributed by atoms with Gasteiger partial charge in [-0.15, -0.1) is 0 Å². The molecule has 1 N–H and O–H groups in total. The molecule has 0 spiro atoms. The van der Waals surface area contributed by atoms with E-state index in [1.807, 2.05) is 12.1 Å². The smallest absolute Gasteiger partial charge is 0.379 e. The van der Waals surface area contributed by atoms with Gasteiger partial charge in [-0.1, -0.05) is 24.3 Å². The maximum atomic E-state index is 12.3. The Labute approximate surface area is 148 Å². The molecule has 2 heterocycles. The minimum atomic E-state index is -0.616. The number of furan rings is 2. The number of ether oxygens (including phenoxy) is 1. The summed E-state index contributed by atoms with van der Waals surface area (Å²) in [7, 11) is 0. The summed E-state index contributed by atoms with van der Waals surface area (Å²) in [6.07, 6.45) is 2.82. The fraction of sp³-hybridized carbons (Fsp3) is 0. The molecule has 2 aromatic heterocycles. The maximum absolute atomic E-state index is 12.3. The van der Waals surface area contributed by atoms with Crippen molar-refractivity contribution in [3.8, 4) is 5.75 Å². The zero-order valence-corrected chi connectivity index (χ0v) is 13.5. The van der Waals surface area contributed by atoms with E-state index in [4.69, 9.17) is 13.6 Å². The SMILES string of the molecule is O=C(Nc1cccc2cccc(OC(=O)c3ccco3)c12)c1ccco1. The quantitative estimate of drug-likeness (QED) is 0.434. The molecule has 6 heteroatoms. The van der Waals surface area contributed by atoms with Gasteiger partial charge in [0.25, 0.3) is 5.91 Å². The van der Waals surface area contributed by atoms with Crippen molar-refractivity contribution in [2.75, 3.05) is 5.32 Å². The molecule has 0 saturated heterocycles. The molecular formula is C20H13NO5. The molecule has 0 radical (unpaired) electrons. The van der Waals surface area contributed by atoms with Crippen LogP contribution in [0.2, 0.25) is 0 Å². The minimum Gasteiger partial charge on any atom is -0.459 e. The Morgan fingerprint density at radius 3 is 2.19 bits per heavy atom. The number of hydrogen-bond acceptors (Lipinski definition) is 5. The van der Waals surface area contributed by atoms with Crippen LogP contribution in [0.4, 0.5) is 5.69 Å². The van der Waals surface area contributed by atoms with Crippen LogP contribution in [0.15, 0.2) is 82.0 Å². The average molecular weight is 347 g/mol. The molecular weight excluding hydrogens is 334 g/mol. The van der Waals surface area contributed by atoms with Crippen LogP contribution in [-0.2, 0) is 0 Å². The van der Waals surface area contributed by atoms with Crippen molar-refractivity contribution in [2.45, 2.75) is 0 Å². The summed E-state index contributed by atoms with van der Waals surface area (Å²) in [5.41, 5.74) is 0.506. The summed E-state index contributed by atoms with van der Waals surface area (Å²) in [6.45, 7) is 0. The van der Waals surface area contributed by atoms with Crippen LogP contribution in [0.5, 0.6) is 5.75 Å². The summed E-state index contributed by atoms with van der Waals surface area (Å²) in [6, 6.07) is 17.0. The van der Waals surface area contributed by atoms with Gasteiger partial charge in [-0.2, -0.15) is 0 Å². The van der Waals surface area contributed by atoms with E-state index in [0.29, 0.717) is 16.8 Å². The second-order valence-corrected chi connectivity index (χ2v) is 5.46. The lowest BCUT2D eigenvalue weighted by molar-refractivity contribution is 0.0704. The molecule has 1 amide bonds. The number of rotatable bonds is 4. The first-order chi connectivity index (χ1) is 12.7. The van der Waals surface area contributed by atoms with Crippen LogP contribution in [0.25, 0.3) is 10.8 Å². The Morgan fingerprint density at radius 2 is 1.50 bits per heavy atom. The zero-order valence-electron chi connectivity index (χ0n) is 13.5. The van der Waals surface area contributed by atoms with E-state index < -0.39 is 11.9 Å². The Kier molecular flexibility index (Phi) is 3.99. The molecule has 0 aliphatic carbocycles. The van der Waals surface area contributed by atoms with Crippen LogP contribution in [0.3, 0.4) is 0 Å². The Balaban J connectivity index is 1.72. The van der Waals surface area contributed by atoms with Crippen molar-refractivity contribution >= 4 is 28.3 Å². The highest BCUT2D eigenvalue weighted by Gasteiger charge is 2.17. The summed E-state index contributed by atoms with van der Waals surface area (Å²) in [5.74, 6) is -0.408. The lowest BCUT2D eigenvalue weighted by Crippen LogP contribution is -2.12. The van der Waals surface area contributed by atoms with E-state index in [9.17, 15) is 9.59 Å². The lowest BCUT2D eigenvalue weighted by Gasteiger charge is -2.12. The molecule has 0 bridgehead atoms. The summed E-state index contributed by atoms with van der Waals surface area (Å²) < 4.78 is 15.7. The summed E-state index contributed by atoms with van der Waals surface area (Å²) in [5, 5.41) is 4.21. The van der Waals surface area contributed by atoms with Gasteiger partial charge in [0, 0.05) is 5.39 Å². The normalized spacial score (nSPS) is 10.6. The topological polar surface area (TPSA) is 81.7 Å². The molecule has 26 heavy (non-hydrogen) atoms. The van der Waals surface area contributed by atoms with Crippen molar-refractivity contribution in [3.63, 3.8) is 0 Å². The molecule has 0 saturated carbocycles. The van der Waals surface area contributed by atoms with Gasteiger partial charge in [0.2, 0.25) is 5.76 Å². The Bertz CT molecular complexity index is 982. The first-order valence-electron chi connectivity index (χ1n) is 7.84. The number of carbonyl (C=O) groups excluding carboxylic acids is 2. The van der Waals surface area contributed by atoms with Gasteiger partial charge in [0.15, 0.2) is 5.76 Å². The van der Waals surface area contributed by atoms with Gasteiger partial charge in [0.1, 0.15) is 5.75 Å². The number of nitrogens with one attached hydrogen (secondary N) is 1. The van der Waals surface area contributed by atoms with Crippen LogP contribution in [0.1, 0.15) is 21.1 Å². The third-order valence-corrected chi connectivity index (χ3v) is 3.78. The second-order valence-electron chi connectivity index (χ2n) is 5.46. The van der Waals surface area contributed by atoms with Gasteiger partial charge in [-0.3, -0.25) is 4.79 Å².